The predicted molar refractivity (Wildman–Crippen MR) is 69.8 cm³/mol. The third kappa shape index (κ3) is 1.84. The van der Waals surface area contributed by atoms with Gasteiger partial charge in [0.1, 0.15) is 11.6 Å². The molecule has 0 bridgehead atoms. The van der Waals surface area contributed by atoms with Crippen LogP contribution in [0.3, 0.4) is 0 Å². The van der Waals surface area contributed by atoms with Crippen LogP contribution in [0.2, 0.25) is 0 Å². The quantitative estimate of drug-likeness (QED) is 0.749. The number of aromatic nitrogens is 2. The van der Waals surface area contributed by atoms with Crippen molar-refractivity contribution in [3.05, 3.63) is 41.6 Å². The SMILES string of the molecule is Cc1c(-c2ccc(F)cc2)nc2n1CC(C)CC2. The van der Waals surface area contributed by atoms with Gasteiger partial charge in [-0.3, -0.25) is 0 Å². The number of fused-ring (bicyclic) bond motifs is 1. The Kier molecular flexibility index (Phi) is 2.69. The molecule has 2 nitrogen and oxygen atoms in total. The number of rotatable bonds is 1. The summed E-state index contributed by atoms with van der Waals surface area (Å²) in [6.07, 6.45) is 2.25. The van der Waals surface area contributed by atoms with Gasteiger partial charge in [-0.05, 0) is 43.5 Å². The predicted octanol–water partition coefficient (Wildman–Crippen LogP) is 3.58. The molecule has 3 rings (SSSR count). The first kappa shape index (κ1) is 11.5. The first-order valence-corrected chi connectivity index (χ1v) is 6.47. The average Bonchev–Trinajstić information content (AvgIpc) is 2.68. The van der Waals surface area contributed by atoms with Crippen LogP contribution in [-0.2, 0) is 13.0 Å². The van der Waals surface area contributed by atoms with Gasteiger partial charge in [0, 0.05) is 24.2 Å². The third-order valence-corrected chi connectivity index (χ3v) is 3.77. The molecule has 0 saturated heterocycles. The summed E-state index contributed by atoms with van der Waals surface area (Å²) < 4.78 is 15.3. The molecule has 3 heteroatoms. The minimum absolute atomic E-state index is 0.200. The van der Waals surface area contributed by atoms with Gasteiger partial charge in [-0.1, -0.05) is 6.92 Å². The summed E-state index contributed by atoms with van der Waals surface area (Å²) in [6, 6.07) is 6.60. The van der Waals surface area contributed by atoms with Crippen molar-refractivity contribution in [3.63, 3.8) is 0 Å². The van der Waals surface area contributed by atoms with Gasteiger partial charge >= 0.3 is 0 Å². The van der Waals surface area contributed by atoms with Crippen LogP contribution in [-0.4, -0.2) is 9.55 Å². The summed E-state index contributed by atoms with van der Waals surface area (Å²) >= 11 is 0. The molecule has 18 heavy (non-hydrogen) atoms. The van der Waals surface area contributed by atoms with E-state index in [-0.39, 0.29) is 5.82 Å². The summed E-state index contributed by atoms with van der Waals surface area (Å²) in [4.78, 5) is 4.73. The first-order chi connectivity index (χ1) is 8.65. The van der Waals surface area contributed by atoms with Crippen LogP contribution in [0.1, 0.15) is 24.9 Å². The third-order valence-electron chi connectivity index (χ3n) is 3.77. The van der Waals surface area contributed by atoms with Crippen molar-refractivity contribution in [3.8, 4) is 11.3 Å². The second-order valence-corrected chi connectivity index (χ2v) is 5.22. The number of hydrogen-bond donors (Lipinski definition) is 0. The Morgan fingerprint density at radius 3 is 2.72 bits per heavy atom. The molecule has 1 aromatic heterocycles. The molecule has 0 aliphatic carbocycles. The molecule has 1 aliphatic rings. The molecule has 1 aliphatic heterocycles. The molecule has 0 spiro atoms. The van der Waals surface area contributed by atoms with Crippen molar-refractivity contribution >= 4 is 0 Å². The summed E-state index contributed by atoms with van der Waals surface area (Å²) in [5.41, 5.74) is 3.20. The molecule has 94 valence electrons. The minimum Gasteiger partial charge on any atom is -0.331 e. The molecule has 0 radical (unpaired) electrons. The van der Waals surface area contributed by atoms with Crippen LogP contribution >= 0.6 is 0 Å². The zero-order valence-electron chi connectivity index (χ0n) is 10.8. The molecule has 2 aromatic rings. The molecule has 0 fully saturated rings. The first-order valence-electron chi connectivity index (χ1n) is 6.47. The van der Waals surface area contributed by atoms with E-state index in [1.54, 1.807) is 12.1 Å². The van der Waals surface area contributed by atoms with Crippen LogP contribution in [0.25, 0.3) is 11.3 Å². The highest BCUT2D eigenvalue weighted by Crippen LogP contribution is 2.28. The normalized spacial score (nSPS) is 18.7. The van der Waals surface area contributed by atoms with E-state index in [0.29, 0.717) is 5.92 Å². The van der Waals surface area contributed by atoms with Gasteiger partial charge in [-0.15, -0.1) is 0 Å². The Balaban J connectivity index is 2.06. The molecule has 0 saturated carbocycles. The van der Waals surface area contributed by atoms with E-state index < -0.39 is 0 Å². The van der Waals surface area contributed by atoms with Crippen molar-refractivity contribution in [1.82, 2.24) is 9.55 Å². The molecule has 1 unspecified atom stereocenters. The zero-order chi connectivity index (χ0) is 12.7. The Labute approximate surface area is 106 Å². The van der Waals surface area contributed by atoms with Gasteiger partial charge in [0.2, 0.25) is 0 Å². The van der Waals surface area contributed by atoms with Crippen LogP contribution in [0.5, 0.6) is 0 Å². The van der Waals surface area contributed by atoms with Crippen LogP contribution in [0, 0.1) is 18.7 Å². The lowest BCUT2D eigenvalue weighted by Crippen LogP contribution is -2.18. The molecule has 1 aromatic carbocycles. The van der Waals surface area contributed by atoms with Crippen molar-refractivity contribution in [2.24, 2.45) is 5.92 Å². The zero-order valence-corrected chi connectivity index (χ0v) is 10.8. The lowest BCUT2D eigenvalue weighted by Gasteiger charge is -2.21. The van der Waals surface area contributed by atoms with E-state index in [1.165, 1.54) is 30.1 Å². The number of nitrogens with zero attached hydrogens (tertiary/aromatic N) is 2. The fourth-order valence-corrected chi connectivity index (χ4v) is 2.68. The molecular formula is C15H17FN2. The maximum atomic E-state index is 13.0. The van der Waals surface area contributed by atoms with Gasteiger partial charge in [0.25, 0.3) is 0 Å². The lowest BCUT2D eigenvalue weighted by molar-refractivity contribution is 0.389. The second kappa shape index (κ2) is 4.23. The Bertz CT molecular complexity index is 569. The highest BCUT2D eigenvalue weighted by atomic mass is 19.1. The lowest BCUT2D eigenvalue weighted by atomic mass is 10.0. The number of halogens is 1. The highest BCUT2D eigenvalue weighted by Gasteiger charge is 2.21. The Morgan fingerprint density at radius 2 is 2.00 bits per heavy atom. The van der Waals surface area contributed by atoms with E-state index in [4.69, 9.17) is 4.98 Å². The number of benzene rings is 1. The largest absolute Gasteiger partial charge is 0.331 e. The van der Waals surface area contributed by atoms with E-state index in [1.807, 2.05) is 0 Å². The standard InChI is InChI=1S/C15H17FN2/c1-10-3-8-14-17-15(11(2)18(14)9-10)12-4-6-13(16)7-5-12/h4-7,10H,3,8-9H2,1-2H3. The summed E-state index contributed by atoms with van der Waals surface area (Å²) in [5, 5.41) is 0. The van der Waals surface area contributed by atoms with Crippen LogP contribution in [0.15, 0.2) is 24.3 Å². The van der Waals surface area contributed by atoms with Gasteiger partial charge in [-0.25, -0.2) is 9.37 Å². The smallest absolute Gasteiger partial charge is 0.123 e. The van der Waals surface area contributed by atoms with Crippen LogP contribution in [0.4, 0.5) is 4.39 Å². The van der Waals surface area contributed by atoms with Gasteiger partial charge in [-0.2, -0.15) is 0 Å². The Morgan fingerprint density at radius 1 is 1.28 bits per heavy atom. The van der Waals surface area contributed by atoms with Gasteiger partial charge in [0.15, 0.2) is 0 Å². The van der Waals surface area contributed by atoms with Gasteiger partial charge < -0.3 is 4.57 Å². The van der Waals surface area contributed by atoms with E-state index in [9.17, 15) is 4.39 Å². The topological polar surface area (TPSA) is 17.8 Å². The fourth-order valence-electron chi connectivity index (χ4n) is 2.68. The van der Waals surface area contributed by atoms with Crippen molar-refractivity contribution in [2.45, 2.75) is 33.2 Å². The van der Waals surface area contributed by atoms with E-state index >= 15 is 0 Å². The number of imidazole rings is 1. The number of hydrogen-bond acceptors (Lipinski definition) is 1. The molecule has 2 heterocycles. The second-order valence-electron chi connectivity index (χ2n) is 5.22. The van der Waals surface area contributed by atoms with E-state index in [2.05, 4.69) is 18.4 Å². The molecule has 0 N–H and O–H groups in total. The highest BCUT2D eigenvalue weighted by molar-refractivity contribution is 5.62. The van der Waals surface area contributed by atoms with Crippen molar-refractivity contribution < 1.29 is 4.39 Å². The summed E-state index contributed by atoms with van der Waals surface area (Å²) in [5.74, 6) is 1.69. The summed E-state index contributed by atoms with van der Waals surface area (Å²) in [6.45, 7) is 5.43. The minimum atomic E-state index is -0.200. The van der Waals surface area contributed by atoms with Crippen molar-refractivity contribution in [1.29, 1.82) is 0 Å². The number of aryl methyl sites for hydroxylation is 1. The molecule has 0 amide bonds. The van der Waals surface area contributed by atoms with Crippen molar-refractivity contribution in [2.75, 3.05) is 0 Å². The maximum absolute atomic E-state index is 13.0. The van der Waals surface area contributed by atoms with E-state index in [0.717, 1.165) is 24.2 Å². The van der Waals surface area contributed by atoms with Gasteiger partial charge in [0.05, 0.1) is 5.69 Å². The maximum Gasteiger partial charge on any atom is 0.123 e. The summed E-state index contributed by atoms with van der Waals surface area (Å²) in [7, 11) is 0. The fraction of sp³-hybridized carbons (Fsp3) is 0.400. The average molecular weight is 244 g/mol. The molecular weight excluding hydrogens is 227 g/mol. The molecule has 1 atom stereocenters. The Hall–Kier alpha value is -1.64. The monoisotopic (exact) mass is 244 g/mol. The van der Waals surface area contributed by atoms with Crippen LogP contribution < -0.4 is 0 Å².